The van der Waals surface area contributed by atoms with Crippen molar-refractivity contribution < 1.29 is 14.3 Å². The number of para-hydroxylation sites is 1. The van der Waals surface area contributed by atoms with E-state index in [1.54, 1.807) is 24.0 Å². The number of rotatable bonds is 9. The number of nitrogens with zero attached hydrogens (tertiary/aromatic N) is 1. The topological polar surface area (TPSA) is 55.5 Å². The molecule has 0 aliphatic heterocycles. The van der Waals surface area contributed by atoms with Gasteiger partial charge in [0.15, 0.2) is 5.76 Å². The highest BCUT2D eigenvalue weighted by Gasteiger charge is 2.06. The maximum absolute atomic E-state index is 8.81. The van der Waals surface area contributed by atoms with Gasteiger partial charge in [-0.1, -0.05) is 54.6 Å². The molecular weight excluding hydrogens is 346 g/mol. The minimum absolute atomic E-state index is 0.0429. The van der Waals surface area contributed by atoms with Crippen molar-refractivity contribution in [3.8, 4) is 17.1 Å². The molecule has 0 amide bonds. The van der Waals surface area contributed by atoms with E-state index >= 15 is 0 Å². The average molecular weight is 367 g/mol. The van der Waals surface area contributed by atoms with Crippen LogP contribution in [0.4, 0.5) is 0 Å². The Balaban J connectivity index is 1.45. The lowest BCUT2D eigenvalue weighted by Gasteiger charge is -2.04. The standard InChI is InChI=1S/C21H21NO3S/c23-12-4-5-17-8-10-18(11-9-17)20-15-22-21(25-20)16-26-14-13-24-19-6-2-1-3-7-19/h1-11,15,23H,12-14,16H2. The van der Waals surface area contributed by atoms with Gasteiger partial charge in [-0.15, -0.1) is 11.8 Å². The Morgan fingerprint density at radius 2 is 1.88 bits per heavy atom. The van der Waals surface area contributed by atoms with Crippen LogP contribution in [-0.2, 0) is 5.75 Å². The number of ether oxygens (including phenoxy) is 1. The van der Waals surface area contributed by atoms with Gasteiger partial charge in [0.2, 0.25) is 5.89 Å². The van der Waals surface area contributed by atoms with Gasteiger partial charge in [-0.2, -0.15) is 0 Å². The molecule has 0 bridgehead atoms. The van der Waals surface area contributed by atoms with Crippen LogP contribution in [0.25, 0.3) is 17.4 Å². The largest absolute Gasteiger partial charge is 0.493 e. The van der Waals surface area contributed by atoms with Gasteiger partial charge in [0.1, 0.15) is 5.75 Å². The van der Waals surface area contributed by atoms with E-state index in [1.165, 1.54) is 0 Å². The summed E-state index contributed by atoms with van der Waals surface area (Å²) in [5.74, 6) is 3.96. The molecule has 3 rings (SSSR count). The second-order valence-corrected chi connectivity index (χ2v) is 6.64. The first-order valence-electron chi connectivity index (χ1n) is 8.43. The number of aromatic nitrogens is 1. The molecule has 0 saturated heterocycles. The Bertz CT molecular complexity index is 813. The van der Waals surface area contributed by atoms with Crippen molar-refractivity contribution in [1.29, 1.82) is 0 Å². The van der Waals surface area contributed by atoms with Gasteiger partial charge in [-0.25, -0.2) is 4.98 Å². The van der Waals surface area contributed by atoms with Gasteiger partial charge in [-0.3, -0.25) is 0 Å². The molecule has 5 heteroatoms. The molecule has 134 valence electrons. The number of benzene rings is 2. The molecule has 0 spiro atoms. The highest BCUT2D eigenvalue weighted by Crippen LogP contribution is 2.23. The Morgan fingerprint density at radius 1 is 1.08 bits per heavy atom. The number of aliphatic hydroxyl groups is 1. The predicted octanol–water partition coefficient (Wildman–Crippen LogP) is 4.66. The van der Waals surface area contributed by atoms with Gasteiger partial charge >= 0.3 is 0 Å². The highest BCUT2D eigenvalue weighted by atomic mass is 32.2. The first-order chi connectivity index (χ1) is 12.8. The van der Waals surface area contributed by atoms with Crippen molar-refractivity contribution in [3.05, 3.63) is 78.3 Å². The third-order valence-corrected chi connectivity index (χ3v) is 4.54. The van der Waals surface area contributed by atoms with Gasteiger partial charge in [0, 0.05) is 11.3 Å². The molecule has 0 aliphatic carbocycles. The van der Waals surface area contributed by atoms with Gasteiger partial charge in [-0.05, 0) is 17.7 Å². The summed E-state index contributed by atoms with van der Waals surface area (Å²) < 4.78 is 11.5. The first-order valence-corrected chi connectivity index (χ1v) is 9.59. The predicted molar refractivity (Wildman–Crippen MR) is 106 cm³/mol. The van der Waals surface area contributed by atoms with Crippen molar-refractivity contribution in [2.75, 3.05) is 19.0 Å². The van der Waals surface area contributed by atoms with Crippen LogP contribution in [0.15, 0.2) is 71.3 Å². The quantitative estimate of drug-likeness (QED) is 0.558. The summed E-state index contributed by atoms with van der Waals surface area (Å²) in [7, 11) is 0. The van der Waals surface area contributed by atoms with Crippen molar-refractivity contribution in [3.63, 3.8) is 0 Å². The summed E-state index contributed by atoms with van der Waals surface area (Å²) >= 11 is 1.73. The maximum Gasteiger partial charge on any atom is 0.204 e. The third kappa shape index (κ3) is 5.51. The third-order valence-electron chi connectivity index (χ3n) is 3.63. The number of hydrogen-bond donors (Lipinski definition) is 1. The van der Waals surface area contributed by atoms with Gasteiger partial charge in [0.25, 0.3) is 0 Å². The number of oxazole rings is 1. The van der Waals surface area contributed by atoms with Crippen LogP contribution in [0.5, 0.6) is 5.75 Å². The second kappa shape index (κ2) is 9.85. The zero-order valence-corrected chi connectivity index (χ0v) is 15.2. The number of thioether (sulfide) groups is 1. The summed E-state index contributed by atoms with van der Waals surface area (Å²) in [4.78, 5) is 4.35. The summed E-state index contributed by atoms with van der Waals surface area (Å²) in [5, 5.41) is 8.81. The molecule has 3 aromatic rings. The Morgan fingerprint density at radius 3 is 2.65 bits per heavy atom. The Hall–Kier alpha value is -2.50. The van der Waals surface area contributed by atoms with Crippen LogP contribution < -0.4 is 4.74 Å². The molecule has 0 radical (unpaired) electrons. The van der Waals surface area contributed by atoms with E-state index in [9.17, 15) is 0 Å². The monoisotopic (exact) mass is 367 g/mol. The first kappa shape index (κ1) is 18.3. The molecule has 0 aliphatic rings. The lowest BCUT2D eigenvalue weighted by atomic mass is 10.1. The number of hydrogen-bond acceptors (Lipinski definition) is 5. The molecule has 0 fully saturated rings. The molecule has 4 nitrogen and oxygen atoms in total. The van der Waals surface area contributed by atoms with Crippen molar-refractivity contribution in [2.45, 2.75) is 5.75 Å². The Labute approximate surface area is 157 Å². The van der Waals surface area contributed by atoms with Crippen molar-refractivity contribution in [1.82, 2.24) is 4.98 Å². The molecule has 26 heavy (non-hydrogen) atoms. The lowest BCUT2D eigenvalue weighted by molar-refractivity contribution is 0.343. The van der Waals surface area contributed by atoms with E-state index in [2.05, 4.69) is 4.98 Å². The van der Waals surface area contributed by atoms with Crippen molar-refractivity contribution >= 4 is 17.8 Å². The van der Waals surface area contributed by atoms with E-state index in [0.29, 0.717) is 12.5 Å². The van der Waals surface area contributed by atoms with Gasteiger partial charge < -0.3 is 14.3 Å². The van der Waals surface area contributed by atoms with Crippen LogP contribution in [0.3, 0.4) is 0 Å². The van der Waals surface area contributed by atoms with E-state index < -0.39 is 0 Å². The van der Waals surface area contributed by atoms with Crippen LogP contribution in [-0.4, -0.2) is 29.1 Å². The zero-order valence-electron chi connectivity index (χ0n) is 14.4. The van der Waals surface area contributed by atoms with Crippen LogP contribution in [0.2, 0.25) is 0 Å². The Kier molecular flexibility index (Phi) is 6.93. The van der Waals surface area contributed by atoms with Gasteiger partial charge in [0.05, 0.1) is 25.2 Å². The molecule has 1 N–H and O–H groups in total. The van der Waals surface area contributed by atoms with Crippen LogP contribution >= 0.6 is 11.8 Å². The minimum atomic E-state index is 0.0429. The molecule has 0 unspecified atom stereocenters. The molecule has 0 saturated carbocycles. The summed E-state index contributed by atoms with van der Waals surface area (Å²) in [5.41, 5.74) is 2.03. The minimum Gasteiger partial charge on any atom is -0.493 e. The summed E-state index contributed by atoms with van der Waals surface area (Å²) in [6.07, 6.45) is 5.35. The molecule has 1 aromatic heterocycles. The maximum atomic E-state index is 8.81. The molecule has 2 aromatic carbocycles. The molecule has 1 heterocycles. The fourth-order valence-electron chi connectivity index (χ4n) is 2.35. The van der Waals surface area contributed by atoms with Crippen molar-refractivity contribution in [2.24, 2.45) is 0 Å². The second-order valence-electron chi connectivity index (χ2n) is 5.54. The lowest BCUT2D eigenvalue weighted by Crippen LogP contribution is -2.00. The fourth-order valence-corrected chi connectivity index (χ4v) is 3.01. The van der Waals surface area contributed by atoms with E-state index in [4.69, 9.17) is 14.3 Å². The normalized spacial score (nSPS) is 11.1. The molecule has 0 atom stereocenters. The van der Waals surface area contributed by atoms with E-state index in [0.717, 1.165) is 34.1 Å². The van der Waals surface area contributed by atoms with Crippen LogP contribution in [0.1, 0.15) is 11.5 Å². The SMILES string of the molecule is OCC=Cc1ccc(-c2cnc(CSCCOc3ccccc3)o2)cc1. The average Bonchev–Trinajstić information content (AvgIpc) is 3.16. The highest BCUT2D eigenvalue weighted by molar-refractivity contribution is 7.98. The summed E-state index contributed by atoms with van der Waals surface area (Å²) in [6.45, 7) is 0.701. The van der Waals surface area contributed by atoms with E-state index in [1.807, 2.05) is 60.7 Å². The number of aliphatic hydroxyl groups excluding tert-OH is 1. The van der Waals surface area contributed by atoms with Crippen LogP contribution in [0, 0.1) is 0 Å². The smallest absolute Gasteiger partial charge is 0.204 e. The fraction of sp³-hybridized carbons (Fsp3) is 0.190. The molecular formula is C21H21NO3S. The summed E-state index contributed by atoms with van der Waals surface area (Å²) in [6, 6.07) is 17.8. The van der Waals surface area contributed by atoms with E-state index in [-0.39, 0.29) is 6.61 Å². The zero-order chi connectivity index (χ0) is 18.0.